The number of carbonyl (C=O) groups is 2. The van der Waals surface area contributed by atoms with Gasteiger partial charge in [0.1, 0.15) is 6.04 Å². The highest BCUT2D eigenvalue weighted by Crippen LogP contribution is 2.27. The maximum atomic E-state index is 12.5. The minimum absolute atomic E-state index is 0.124. The summed E-state index contributed by atoms with van der Waals surface area (Å²) in [5.41, 5.74) is 0. The van der Waals surface area contributed by atoms with Gasteiger partial charge in [0.05, 0.1) is 6.10 Å². The molecule has 1 saturated carbocycles. The van der Waals surface area contributed by atoms with Crippen LogP contribution in [0.15, 0.2) is 0 Å². The van der Waals surface area contributed by atoms with E-state index in [1.165, 1.54) is 4.90 Å². The van der Waals surface area contributed by atoms with E-state index in [1.54, 1.807) is 4.90 Å². The number of carboxylic acids is 1. The van der Waals surface area contributed by atoms with E-state index in [1.807, 2.05) is 6.92 Å². The molecule has 0 aromatic heterocycles. The Hall–Kier alpha value is -1.30. The van der Waals surface area contributed by atoms with Crippen LogP contribution in [0.3, 0.4) is 0 Å². The van der Waals surface area contributed by atoms with E-state index in [2.05, 4.69) is 0 Å². The third-order valence-corrected chi connectivity index (χ3v) is 4.16. The van der Waals surface area contributed by atoms with Crippen LogP contribution >= 0.6 is 0 Å². The summed E-state index contributed by atoms with van der Waals surface area (Å²) >= 11 is 0. The second-order valence-corrected chi connectivity index (χ2v) is 5.40. The smallest absolute Gasteiger partial charge is 0.326 e. The number of rotatable bonds is 3. The predicted molar refractivity (Wildman–Crippen MR) is 68.8 cm³/mol. The highest BCUT2D eigenvalue weighted by atomic mass is 16.4. The molecule has 1 aliphatic carbocycles. The molecular weight excluding hydrogens is 248 g/mol. The molecule has 2 atom stereocenters. The molecule has 0 aromatic carbocycles. The van der Waals surface area contributed by atoms with Crippen molar-refractivity contribution in [3.05, 3.63) is 0 Å². The van der Waals surface area contributed by atoms with Crippen LogP contribution in [-0.4, -0.2) is 63.3 Å². The van der Waals surface area contributed by atoms with Crippen LogP contribution in [0.2, 0.25) is 0 Å². The number of carboxylic acid groups (broad SMARTS) is 1. The lowest BCUT2D eigenvalue weighted by Crippen LogP contribution is -2.51. The summed E-state index contributed by atoms with van der Waals surface area (Å²) in [6.07, 6.45) is 3.64. The molecule has 6 nitrogen and oxygen atoms in total. The van der Waals surface area contributed by atoms with Gasteiger partial charge in [-0.25, -0.2) is 9.59 Å². The van der Waals surface area contributed by atoms with Crippen LogP contribution in [0.4, 0.5) is 4.79 Å². The molecule has 0 unspecified atom stereocenters. The number of nitrogens with zero attached hydrogens (tertiary/aromatic N) is 2. The molecule has 0 aromatic rings. The van der Waals surface area contributed by atoms with Crippen molar-refractivity contribution in [1.82, 2.24) is 9.80 Å². The van der Waals surface area contributed by atoms with Crippen molar-refractivity contribution in [2.24, 2.45) is 0 Å². The summed E-state index contributed by atoms with van der Waals surface area (Å²) in [4.78, 5) is 26.8. The minimum Gasteiger partial charge on any atom is -0.480 e. The van der Waals surface area contributed by atoms with E-state index in [9.17, 15) is 14.7 Å². The number of aliphatic hydroxyl groups excluding tert-OH is 1. The van der Waals surface area contributed by atoms with Gasteiger partial charge in [0.15, 0.2) is 0 Å². The average molecular weight is 270 g/mol. The number of β-amino-alcohol motifs (C(OH)–C–C–N with tert-alkyl or cyclic N) is 1. The van der Waals surface area contributed by atoms with Gasteiger partial charge < -0.3 is 20.0 Å². The van der Waals surface area contributed by atoms with Crippen LogP contribution in [0.5, 0.6) is 0 Å². The summed E-state index contributed by atoms with van der Waals surface area (Å²) in [6.45, 7) is 2.62. The van der Waals surface area contributed by atoms with Crippen LogP contribution in [0, 0.1) is 0 Å². The number of hydrogen-bond donors (Lipinski definition) is 2. The lowest BCUT2D eigenvalue weighted by Gasteiger charge is -2.33. The quantitative estimate of drug-likeness (QED) is 0.798. The largest absolute Gasteiger partial charge is 0.480 e. The fraction of sp³-hybridized carbons (Fsp3) is 0.846. The normalized spacial score (nSPS) is 27.8. The Bertz CT molecular complexity index is 355. The first-order chi connectivity index (χ1) is 9.04. The number of amides is 2. The Labute approximate surface area is 113 Å². The first kappa shape index (κ1) is 14.1. The number of carbonyl (C=O) groups excluding carboxylic acids is 1. The fourth-order valence-electron chi connectivity index (χ4n) is 3.19. The first-order valence-corrected chi connectivity index (χ1v) is 7.02. The molecule has 2 fully saturated rings. The number of hydrogen-bond acceptors (Lipinski definition) is 3. The zero-order chi connectivity index (χ0) is 14.0. The van der Waals surface area contributed by atoms with Crippen molar-refractivity contribution in [2.45, 2.75) is 57.2 Å². The summed E-state index contributed by atoms with van der Waals surface area (Å²) in [5.74, 6) is -1.03. The monoisotopic (exact) mass is 270 g/mol. The van der Waals surface area contributed by atoms with E-state index in [4.69, 9.17) is 5.11 Å². The first-order valence-electron chi connectivity index (χ1n) is 7.02. The Kier molecular flexibility index (Phi) is 4.29. The van der Waals surface area contributed by atoms with Crippen molar-refractivity contribution in [1.29, 1.82) is 0 Å². The van der Waals surface area contributed by atoms with E-state index < -0.39 is 18.1 Å². The maximum absolute atomic E-state index is 12.5. The van der Waals surface area contributed by atoms with Crippen LogP contribution in [0.25, 0.3) is 0 Å². The molecule has 19 heavy (non-hydrogen) atoms. The SMILES string of the molecule is CCN(C(=O)N1C[C@@H](O)C[C@H]1C(=O)O)C1CCCC1. The van der Waals surface area contributed by atoms with E-state index in [-0.39, 0.29) is 25.0 Å². The maximum Gasteiger partial charge on any atom is 0.326 e. The minimum atomic E-state index is -1.03. The lowest BCUT2D eigenvalue weighted by atomic mass is 10.2. The van der Waals surface area contributed by atoms with Gasteiger partial charge in [-0.3, -0.25) is 0 Å². The number of likely N-dealkylation sites (tertiary alicyclic amines) is 1. The molecule has 1 heterocycles. The predicted octanol–water partition coefficient (Wildman–Crippen LogP) is 0.891. The number of aliphatic hydroxyl groups is 1. The van der Waals surface area contributed by atoms with Gasteiger partial charge in [-0.05, 0) is 19.8 Å². The molecular formula is C13H22N2O4. The van der Waals surface area contributed by atoms with Crippen LogP contribution in [-0.2, 0) is 4.79 Å². The van der Waals surface area contributed by atoms with Gasteiger partial charge in [0.25, 0.3) is 0 Å². The Morgan fingerprint density at radius 3 is 2.47 bits per heavy atom. The summed E-state index contributed by atoms with van der Waals surface area (Å²) in [5, 5.41) is 18.8. The molecule has 2 amide bonds. The second kappa shape index (κ2) is 5.77. The molecule has 0 bridgehead atoms. The van der Waals surface area contributed by atoms with Crippen LogP contribution in [0.1, 0.15) is 39.0 Å². The molecule has 1 saturated heterocycles. The molecule has 2 aliphatic rings. The Balaban J connectivity index is 2.09. The molecule has 1 aliphatic heterocycles. The van der Waals surface area contributed by atoms with Crippen molar-refractivity contribution >= 4 is 12.0 Å². The van der Waals surface area contributed by atoms with Crippen molar-refractivity contribution in [2.75, 3.05) is 13.1 Å². The molecule has 6 heteroatoms. The molecule has 0 spiro atoms. The Morgan fingerprint density at radius 2 is 1.95 bits per heavy atom. The van der Waals surface area contributed by atoms with Gasteiger partial charge in [0, 0.05) is 25.6 Å². The van der Waals surface area contributed by atoms with Crippen LogP contribution < -0.4 is 0 Å². The van der Waals surface area contributed by atoms with Gasteiger partial charge >= 0.3 is 12.0 Å². The Morgan fingerprint density at radius 1 is 1.32 bits per heavy atom. The highest BCUT2D eigenvalue weighted by molar-refractivity contribution is 5.83. The summed E-state index contributed by atoms with van der Waals surface area (Å²) in [7, 11) is 0. The topological polar surface area (TPSA) is 81.1 Å². The third kappa shape index (κ3) is 2.83. The van der Waals surface area contributed by atoms with Gasteiger partial charge in [-0.1, -0.05) is 12.8 Å². The van der Waals surface area contributed by atoms with Crippen molar-refractivity contribution in [3.63, 3.8) is 0 Å². The second-order valence-electron chi connectivity index (χ2n) is 5.40. The van der Waals surface area contributed by atoms with E-state index >= 15 is 0 Å². The third-order valence-electron chi connectivity index (χ3n) is 4.16. The average Bonchev–Trinajstić information content (AvgIpc) is 2.99. The fourth-order valence-corrected chi connectivity index (χ4v) is 3.19. The summed E-state index contributed by atoms with van der Waals surface area (Å²) < 4.78 is 0. The van der Waals surface area contributed by atoms with Crippen molar-refractivity contribution < 1.29 is 19.8 Å². The van der Waals surface area contributed by atoms with E-state index in [0.717, 1.165) is 25.7 Å². The standard InChI is InChI=1S/C13H22N2O4/c1-2-14(9-5-3-4-6-9)13(19)15-8-10(16)7-11(15)12(17)18/h9-11,16H,2-8H2,1H3,(H,17,18)/t10-,11-/m0/s1. The molecule has 0 radical (unpaired) electrons. The van der Waals surface area contributed by atoms with E-state index in [0.29, 0.717) is 6.54 Å². The molecule has 2 N–H and O–H groups in total. The van der Waals surface area contributed by atoms with Gasteiger partial charge in [-0.15, -0.1) is 0 Å². The molecule has 108 valence electrons. The van der Waals surface area contributed by atoms with Gasteiger partial charge in [-0.2, -0.15) is 0 Å². The van der Waals surface area contributed by atoms with Crippen molar-refractivity contribution in [3.8, 4) is 0 Å². The summed E-state index contributed by atoms with van der Waals surface area (Å²) in [6, 6.07) is -0.902. The van der Waals surface area contributed by atoms with Gasteiger partial charge in [0.2, 0.25) is 0 Å². The highest BCUT2D eigenvalue weighted by Gasteiger charge is 2.41. The zero-order valence-electron chi connectivity index (χ0n) is 11.3. The number of urea groups is 1. The molecule has 2 rings (SSSR count). The lowest BCUT2D eigenvalue weighted by molar-refractivity contribution is -0.141. The zero-order valence-corrected chi connectivity index (χ0v) is 11.3. The number of aliphatic carboxylic acids is 1.